The molecule has 13 heavy (non-hydrogen) atoms. The monoisotopic (exact) mass is 186 g/mol. The zero-order valence-electron chi connectivity index (χ0n) is 9.05. The first-order valence-electron chi connectivity index (χ1n) is 5.44. The van der Waals surface area contributed by atoms with Crippen molar-refractivity contribution in [2.75, 3.05) is 6.61 Å². The molecule has 1 N–H and O–H groups in total. The molecule has 0 spiro atoms. The summed E-state index contributed by atoms with van der Waals surface area (Å²) in [6.07, 6.45) is 4.11. The largest absolute Gasteiger partial charge is 0.390 e. The molecule has 0 aliphatic heterocycles. The van der Waals surface area contributed by atoms with Gasteiger partial charge in [0.15, 0.2) is 0 Å². The summed E-state index contributed by atoms with van der Waals surface area (Å²) < 4.78 is 5.62. The number of hydrogen-bond donors (Lipinski definition) is 1. The van der Waals surface area contributed by atoms with Crippen LogP contribution in [0.5, 0.6) is 0 Å². The molecule has 1 rings (SSSR count). The van der Waals surface area contributed by atoms with Crippen LogP contribution in [0.15, 0.2) is 0 Å². The number of ether oxygens (including phenoxy) is 1. The molecule has 0 heterocycles. The third-order valence-electron chi connectivity index (χ3n) is 3.13. The van der Waals surface area contributed by atoms with Crippen molar-refractivity contribution in [3.8, 4) is 0 Å². The highest BCUT2D eigenvalue weighted by Gasteiger charge is 2.36. The zero-order valence-corrected chi connectivity index (χ0v) is 9.05. The van der Waals surface area contributed by atoms with Gasteiger partial charge in [0.2, 0.25) is 0 Å². The molecule has 2 heteroatoms. The van der Waals surface area contributed by atoms with Gasteiger partial charge in [0.1, 0.15) is 0 Å². The summed E-state index contributed by atoms with van der Waals surface area (Å²) >= 11 is 0. The van der Waals surface area contributed by atoms with Crippen LogP contribution in [0.3, 0.4) is 0 Å². The minimum Gasteiger partial charge on any atom is -0.390 e. The van der Waals surface area contributed by atoms with Crippen LogP contribution in [-0.2, 0) is 4.74 Å². The molecule has 0 amide bonds. The summed E-state index contributed by atoms with van der Waals surface area (Å²) in [5, 5.41) is 9.98. The molecule has 0 aromatic heterocycles. The summed E-state index contributed by atoms with van der Waals surface area (Å²) in [5.41, 5.74) is -0.322. The first-order chi connectivity index (χ1) is 6.12. The second-order valence-corrected chi connectivity index (χ2v) is 4.29. The van der Waals surface area contributed by atoms with Crippen molar-refractivity contribution in [2.24, 2.45) is 5.92 Å². The Morgan fingerprint density at radius 2 is 2.08 bits per heavy atom. The first-order valence-corrected chi connectivity index (χ1v) is 5.44. The second-order valence-electron chi connectivity index (χ2n) is 4.29. The van der Waals surface area contributed by atoms with Gasteiger partial charge >= 0.3 is 0 Å². The highest BCUT2D eigenvalue weighted by Crippen LogP contribution is 2.37. The number of aliphatic hydroxyl groups is 1. The first kappa shape index (κ1) is 11.0. The van der Waals surface area contributed by atoms with E-state index in [1.165, 1.54) is 12.8 Å². The average Bonchev–Trinajstić information content (AvgIpc) is 2.88. The van der Waals surface area contributed by atoms with Crippen LogP contribution in [-0.4, -0.2) is 23.4 Å². The maximum absolute atomic E-state index is 9.98. The molecular weight excluding hydrogens is 164 g/mol. The van der Waals surface area contributed by atoms with Crippen molar-refractivity contribution < 1.29 is 9.84 Å². The van der Waals surface area contributed by atoms with Crippen LogP contribution in [0.4, 0.5) is 0 Å². The summed E-state index contributed by atoms with van der Waals surface area (Å²) in [4.78, 5) is 0. The van der Waals surface area contributed by atoms with Crippen LogP contribution in [0.2, 0.25) is 0 Å². The summed E-state index contributed by atoms with van der Waals surface area (Å²) in [6, 6.07) is 0. The summed E-state index contributed by atoms with van der Waals surface area (Å²) in [5.74, 6) is 0.765. The molecule has 0 aromatic carbocycles. The predicted molar refractivity (Wildman–Crippen MR) is 53.7 cm³/mol. The van der Waals surface area contributed by atoms with E-state index < -0.39 is 0 Å². The highest BCUT2D eigenvalue weighted by molar-refractivity contribution is 4.87. The van der Waals surface area contributed by atoms with E-state index >= 15 is 0 Å². The Hall–Kier alpha value is -0.0800. The topological polar surface area (TPSA) is 29.5 Å². The van der Waals surface area contributed by atoms with Crippen LogP contribution in [0.25, 0.3) is 0 Å². The molecule has 0 aromatic rings. The van der Waals surface area contributed by atoms with Gasteiger partial charge in [-0.2, -0.15) is 0 Å². The van der Waals surface area contributed by atoms with E-state index in [4.69, 9.17) is 4.74 Å². The molecule has 78 valence electrons. The highest BCUT2D eigenvalue weighted by atomic mass is 16.5. The number of aliphatic hydroxyl groups excluding tert-OH is 1. The van der Waals surface area contributed by atoms with Gasteiger partial charge < -0.3 is 9.84 Å². The minimum atomic E-state index is -0.322. The van der Waals surface area contributed by atoms with Gasteiger partial charge in [-0.15, -0.1) is 0 Å². The third kappa shape index (κ3) is 2.96. The normalized spacial score (nSPS) is 24.0. The van der Waals surface area contributed by atoms with Gasteiger partial charge in [0.05, 0.1) is 11.7 Å². The van der Waals surface area contributed by atoms with E-state index in [9.17, 15) is 5.11 Å². The van der Waals surface area contributed by atoms with Gasteiger partial charge in [-0.1, -0.05) is 19.8 Å². The molecule has 2 unspecified atom stereocenters. The predicted octanol–water partition coefficient (Wildman–Crippen LogP) is 2.35. The van der Waals surface area contributed by atoms with Crippen LogP contribution in [0, 0.1) is 5.92 Å². The SMILES string of the molecule is CCOC(C)(CC)C(O)CC1CC1. The van der Waals surface area contributed by atoms with Crippen molar-refractivity contribution in [2.45, 2.75) is 58.2 Å². The maximum atomic E-state index is 9.98. The Labute approximate surface area is 81.3 Å². The van der Waals surface area contributed by atoms with Crippen molar-refractivity contribution in [3.63, 3.8) is 0 Å². The summed E-state index contributed by atoms with van der Waals surface area (Å²) in [7, 11) is 0. The molecule has 1 fully saturated rings. The molecule has 1 aliphatic carbocycles. The lowest BCUT2D eigenvalue weighted by molar-refractivity contribution is -0.114. The van der Waals surface area contributed by atoms with Crippen molar-refractivity contribution in [1.29, 1.82) is 0 Å². The van der Waals surface area contributed by atoms with Gasteiger partial charge in [-0.3, -0.25) is 0 Å². The Bertz CT molecular complexity index is 154. The molecule has 1 aliphatic rings. The second kappa shape index (κ2) is 4.43. The van der Waals surface area contributed by atoms with E-state index in [1.807, 2.05) is 13.8 Å². The van der Waals surface area contributed by atoms with E-state index in [-0.39, 0.29) is 11.7 Å². The van der Waals surface area contributed by atoms with Gasteiger partial charge in [0.25, 0.3) is 0 Å². The molecule has 0 bridgehead atoms. The van der Waals surface area contributed by atoms with Crippen molar-refractivity contribution >= 4 is 0 Å². The van der Waals surface area contributed by atoms with Gasteiger partial charge in [0, 0.05) is 6.61 Å². The number of rotatable bonds is 6. The lowest BCUT2D eigenvalue weighted by Gasteiger charge is -2.33. The van der Waals surface area contributed by atoms with E-state index in [2.05, 4.69) is 6.92 Å². The summed E-state index contributed by atoms with van der Waals surface area (Å²) in [6.45, 7) is 6.76. The van der Waals surface area contributed by atoms with E-state index in [0.717, 1.165) is 18.8 Å². The fourth-order valence-corrected chi connectivity index (χ4v) is 1.68. The molecule has 2 nitrogen and oxygen atoms in total. The Morgan fingerprint density at radius 3 is 2.46 bits per heavy atom. The lowest BCUT2D eigenvalue weighted by atomic mass is 9.92. The van der Waals surface area contributed by atoms with Crippen molar-refractivity contribution in [3.05, 3.63) is 0 Å². The standard InChI is InChI=1S/C11H22O2/c1-4-11(3,13-5-2)10(12)8-9-6-7-9/h9-10,12H,4-8H2,1-3H3. The van der Waals surface area contributed by atoms with Gasteiger partial charge in [-0.05, 0) is 32.6 Å². The third-order valence-corrected chi connectivity index (χ3v) is 3.13. The van der Waals surface area contributed by atoms with Crippen LogP contribution >= 0.6 is 0 Å². The van der Waals surface area contributed by atoms with E-state index in [0.29, 0.717) is 6.61 Å². The van der Waals surface area contributed by atoms with Gasteiger partial charge in [-0.25, -0.2) is 0 Å². The average molecular weight is 186 g/mol. The van der Waals surface area contributed by atoms with Crippen LogP contribution < -0.4 is 0 Å². The Kier molecular flexibility index (Phi) is 3.74. The van der Waals surface area contributed by atoms with Crippen LogP contribution in [0.1, 0.15) is 46.5 Å². The molecule has 0 saturated heterocycles. The minimum absolute atomic E-state index is 0.287. The Morgan fingerprint density at radius 1 is 1.46 bits per heavy atom. The Balaban J connectivity index is 2.40. The molecule has 1 saturated carbocycles. The van der Waals surface area contributed by atoms with Crippen molar-refractivity contribution in [1.82, 2.24) is 0 Å². The maximum Gasteiger partial charge on any atom is 0.0909 e. The molecule has 2 atom stereocenters. The zero-order chi connectivity index (χ0) is 9.90. The fourth-order valence-electron chi connectivity index (χ4n) is 1.68. The quantitative estimate of drug-likeness (QED) is 0.690. The molecular formula is C11H22O2. The lowest BCUT2D eigenvalue weighted by Crippen LogP contribution is -2.41. The molecule has 0 radical (unpaired) electrons. The fraction of sp³-hybridized carbons (Fsp3) is 1.00. The number of hydrogen-bond acceptors (Lipinski definition) is 2. The van der Waals surface area contributed by atoms with E-state index in [1.54, 1.807) is 0 Å². The smallest absolute Gasteiger partial charge is 0.0909 e.